The van der Waals surface area contributed by atoms with Crippen molar-refractivity contribution < 1.29 is 42.4 Å². The highest BCUT2D eigenvalue weighted by molar-refractivity contribution is 6.35. The summed E-state index contributed by atoms with van der Waals surface area (Å²) in [5, 5.41) is 0.582. The van der Waals surface area contributed by atoms with E-state index >= 15 is 0 Å². The number of carbonyl (C=O) groups is 3. The molecular formula is C30H29Cl2F2N2O6+. The Morgan fingerprint density at radius 2 is 1.69 bits per heavy atom. The van der Waals surface area contributed by atoms with Gasteiger partial charge >= 0.3 is 12.6 Å². The molecule has 4 rings (SSSR count). The maximum Gasteiger partial charge on any atom is 0.387 e. The number of alkyl halides is 2. The smallest absolute Gasteiger partial charge is 0.387 e. The average Bonchev–Trinajstić information content (AvgIpc) is 3.78. The molecule has 3 aromatic rings. The van der Waals surface area contributed by atoms with E-state index in [1.165, 1.54) is 56.7 Å². The summed E-state index contributed by atoms with van der Waals surface area (Å²) in [5.41, 5.74) is 1.27. The fraction of sp³-hybridized carbons (Fsp3) is 0.333. The molecule has 0 saturated heterocycles. The highest BCUT2D eigenvalue weighted by Gasteiger charge is 2.27. The van der Waals surface area contributed by atoms with E-state index in [9.17, 15) is 23.2 Å². The minimum absolute atomic E-state index is 0.0278. The lowest BCUT2D eigenvalue weighted by molar-refractivity contribution is -0.377. The van der Waals surface area contributed by atoms with Gasteiger partial charge in [-0.2, -0.15) is 8.78 Å². The van der Waals surface area contributed by atoms with Crippen LogP contribution < -0.4 is 14.5 Å². The second-order valence-corrected chi connectivity index (χ2v) is 10.7. The number of hydrogen-bond acceptors (Lipinski definition) is 6. The maximum atomic E-state index is 13.2. The normalized spacial score (nSPS) is 13.4. The number of amides is 1. The zero-order chi connectivity index (χ0) is 30.4. The minimum Gasteiger partial charge on any atom is -0.489 e. The van der Waals surface area contributed by atoms with E-state index in [1.54, 1.807) is 12.1 Å². The van der Waals surface area contributed by atoms with Crippen LogP contribution in [0.4, 0.5) is 8.78 Å². The number of nitrogens with one attached hydrogen (secondary N) is 1. The molecule has 1 aromatic heterocycles. The molecule has 1 saturated carbocycles. The van der Waals surface area contributed by atoms with Crippen LogP contribution in [-0.2, 0) is 16.0 Å². The van der Waals surface area contributed by atoms with Crippen molar-refractivity contribution in [3.63, 3.8) is 0 Å². The molecule has 1 aliphatic carbocycles. The Bertz CT molecular complexity index is 1450. The molecule has 1 aliphatic rings. The topological polar surface area (TPSA) is 96.3 Å². The quantitative estimate of drug-likeness (QED) is 0.172. The number of benzene rings is 2. The molecule has 0 spiro atoms. The Labute approximate surface area is 251 Å². The van der Waals surface area contributed by atoms with Crippen molar-refractivity contribution >= 4 is 40.9 Å². The first kappa shape index (κ1) is 31.2. The molecule has 2 aromatic carbocycles. The second kappa shape index (κ2) is 13.9. The number of esters is 1. The van der Waals surface area contributed by atoms with Gasteiger partial charge in [-0.3, -0.25) is 14.4 Å². The van der Waals surface area contributed by atoms with E-state index in [2.05, 4.69) is 9.72 Å². The highest BCUT2D eigenvalue weighted by atomic mass is 35.5. The third-order valence-corrected chi connectivity index (χ3v) is 7.31. The standard InChI is InChI=1S/C30H28Cl2F2N2O6/c1-17(37)20-5-3-4-6-21(20)29(39)36(2)15-28(38)41-26(12-22-23(31)13-35-14-24(22)32)19-9-10-25(42-30(33)34)27(11-19)40-16-18-7-8-18/h3-6,9-11,13-14,18,26,30H,7-8,12,15-16H2,1-2H3/p+1/t26-/m0/s1. The van der Waals surface area contributed by atoms with Gasteiger partial charge < -0.3 is 19.1 Å². The summed E-state index contributed by atoms with van der Waals surface area (Å²) in [5.74, 6) is -1.34. The molecular weight excluding hydrogens is 593 g/mol. The van der Waals surface area contributed by atoms with Crippen LogP contribution in [0.5, 0.6) is 11.5 Å². The number of likely N-dealkylation sites (N-methyl/N-ethyl adjacent to an activating group) is 1. The Morgan fingerprint density at radius 3 is 2.31 bits per heavy atom. The van der Waals surface area contributed by atoms with Crippen LogP contribution in [0.15, 0.2) is 54.9 Å². The number of pyridine rings is 1. The minimum atomic E-state index is -3.06. The number of H-pyrrole nitrogens is 1. The number of carbonyl (C=O) groups excluding carboxylic acids is 3. The highest BCUT2D eigenvalue weighted by Crippen LogP contribution is 2.37. The Balaban J connectivity index is 1.60. The van der Waals surface area contributed by atoms with Crippen LogP contribution >= 0.6 is 23.2 Å². The number of nitrogens with zero attached hydrogens (tertiary/aromatic N) is 1. The monoisotopic (exact) mass is 621 g/mol. The van der Waals surface area contributed by atoms with Crippen LogP contribution in [-0.4, -0.2) is 49.4 Å². The van der Waals surface area contributed by atoms with Crippen molar-refractivity contribution in [1.82, 2.24) is 4.90 Å². The summed E-state index contributed by atoms with van der Waals surface area (Å²) >= 11 is 12.7. The van der Waals surface area contributed by atoms with Gasteiger partial charge in [-0.25, -0.2) is 4.98 Å². The van der Waals surface area contributed by atoms with Gasteiger partial charge in [0.05, 0.1) is 12.2 Å². The van der Waals surface area contributed by atoms with Crippen molar-refractivity contribution in [2.75, 3.05) is 20.2 Å². The summed E-state index contributed by atoms with van der Waals surface area (Å²) in [7, 11) is 1.41. The zero-order valence-corrected chi connectivity index (χ0v) is 24.4. The van der Waals surface area contributed by atoms with Crippen molar-refractivity contribution in [3.05, 3.63) is 87.2 Å². The first-order valence-corrected chi connectivity index (χ1v) is 13.9. The molecule has 1 fully saturated rings. The molecule has 0 bridgehead atoms. The van der Waals surface area contributed by atoms with Gasteiger partial charge in [0.1, 0.15) is 22.7 Å². The molecule has 1 N–H and O–H groups in total. The number of Topliss-reactive ketones (excluding diaryl/α,β-unsaturated/α-hetero) is 1. The summed E-state index contributed by atoms with van der Waals surface area (Å²) in [6.07, 6.45) is 4.03. The number of ether oxygens (including phenoxy) is 3. The van der Waals surface area contributed by atoms with Gasteiger partial charge in [-0.15, -0.1) is 0 Å². The first-order valence-electron chi connectivity index (χ1n) is 13.1. The summed E-state index contributed by atoms with van der Waals surface area (Å²) in [4.78, 5) is 42.2. The van der Waals surface area contributed by atoms with Crippen molar-refractivity contribution in [2.45, 2.75) is 38.9 Å². The van der Waals surface area contributed by atoms with Crippen LogP contribution in [0, 0.1) is 5.92 Å². The lowest BCUT2D eigenvalue weighted by Gasteiger charge is -2.23. The lowest BCUT2D eigenvalue weighted by atomic mass is 10.0. The van der Waals surface area contributed by atoms with Crippen molar-refractivity contribution in [1.29, 1.82) is 0 Å². The van der Waals surface area contributed by atoms with E-state index in [-0.39, 0.29) is 34.8 Å². The molecule has 0 aliphatic heterocycles. The Morgan fingerprint density at radius 1 is 1.02 bits per heavy atom. The van der Waals surface area contributed by atoms with Gasteiger partial charge in [-0.05, 0) is 49.4 Å². The molecule has 12 heteroatoms. The van der Waals surface area contributed by atoms with Crippen molar-refractivity contribution in [2.24, 2.45) is 5.92 Å². The van der Waals surface area contributed by atoms with Gasteiger partial charge in [-0.1, -0.05) is 47.5 Å². The van der Waals surface area contributed by atoms with Crippen molar-refractivity contribution in [3.8, 4) is 11.5 Å². The molecule has 1 amide bonds. The molecule has 1 atom stereocenters. The summed E-state index contributed by atoms with van der Waals surface area (Å²) in [6.45, 7) is -1.83. The van der Waals surface area contributed by atoms with E-state index in [1.807, 2.05) is 0 Å². The first-order chi connectivity index (χ1) is 20.0. The molecule has 0 radical (unpaired) electrons. The lowest BCUT2D eigenvalue weighted by Crippen LogP contribution is -2.34. The molecule has 0 unspecified atom stereocenters. The number of aromatic nitrogens is 1. The third-order valence-electron chi connectivity index (χ3n) is 6.64. The molecule has 222 valence electrons. The number of hydrogen-bond donors (Lipinski definition) is 0. The van der Waals surface area contributed by atoms with Crippen LogP contribution in [0.3, 0.4) is 0 Å². The van der Waals surface area contributed by atoms with E-state index in [4.69, 9.17) is 32.7 Å². The zero-order valence-electron chi connectivity index (χ0n) is 22.9. The van der Waals surface area contributed by atoms with Gasteiger partial charge in [0.2, 0.25) is 0 Å². The van der Waals surface area contributed by atoms with Crippen LogP contribution in [0.1, 0.15) is 57.7 Å². The average molecular weight is 622 g/mol. The van der Waals surface area contributed by atoms with E-state index < -0.39 is 31.1 Å². The molecule has 1 heterocycles. The second-order valence-electron chi connectivity index (χ2n) is 9.91. The fourth-order valence-corrected chi connectivity index (χ4v) is 4.78. The maximum absolute atomic E-state index is 13.2. The largest absolute Gasteiger partial charge is 0.489 e. The van der Waals surface area contributed by atoms with Gasteiger partial charge in [0, 0.05) is 24.6 Å². The molecule has 42 heavy (non-hydrogen) atoms. The number of halogens is 4. The summed E-state index contributed by atoms with van der Waals surface area (Å²) < 4.78 is 42.4. The number of ketones is 1. The fourth-order valence-electron chi connectivity index (χ4n) is 4.25. The number of rotatable bonds is 13. The Kier molecular flexibility index (Phi) is 10.3. The predicted molar refractivity (Wildman–Crippen MR) is 150 cm³/mol. The summed E-state index contributed by atoms with van der Waals surface area (Å²) in [6, 6.07) is 10.6. The SMILES string of the molecule is CC(=O)c1ccccc1C(=O)N(C)CC(=O)O[C@@H](Cc1c(Cl)c[nH+]cc1Cl)c1ccc(OC(F)F)c(OCC2CC2)c1. The Hall–Kier alpha value is -3.76. The van der Waals surface area contributed by atoms with Gasteiger partial charge in [0.25, 0.3) is 5.91 Å². The molecule has 8 nitrogen and oxygen atoms in total. The number of aromatic amines is 1. The van der Waals surface area contributed by atoms with Crippen LogP contribution in [0.2, 0.25) is 10.0 Å². The third kappa shape index (κ3) is 8.17. The van der Waals surface area contributed by atoms with E-state index in [0.717, 1.165) is 17.7 Å². The van der Waals surface area contributed by atoms with Gasteiger partial charge in [0.15, 0.2) is 29.7 Å². The van der Waals surface area contributed by atoms with Crippen LogP contribution in [0.25, 0.3) is 0 Å². The predicted octanol–water partition coefficient (Wildman–Crippen LogP) is 6.00. The van der Waals surface area contributed by atoms with E-state index in [0.29, 0.717) is 33.7 Å².